The van der Waals surface area contributed by atoms with Crippen LogP contribution in [0.5, 0.6) is 5.75 Å². The van der Waals surface area contributed by atoms with Gasteiger partial charge in [-0.15, -0.1) is 0 Å². The second-order valence-electron chi connectivity index (χ2n) is 10.7. The Hall–Kier alpha value is -3.07. The Labute approximate surface area is 225 Å². The van der Waals surface area contributed by atoms with Crippen LogP contribution in [0.25, 0.3) is 0 Å². The van der Waals surface area contributed by atoms with Crippen molar-refractivity contribution >= 4 is 33.4 Å². The third-order valence-corrected chi connectivity index (χ3v) is 9.74. The van der Waals surface area contributed by atoms with Gasteiger partial charge in [-0.25, -0.2) is 18.0 Å². The molecule has 2 aromatic carbocycles. The monoisotopic (exact) mass is 540 g/mol. The molecule has 3 aliphatic rings. The Morgan fingerprint density at radius 1 is 0.868 bits per heavy atom. The standard InChI is InChI=1S/C29H36N2O6S/c1-30-26-18-25(36-19-21-8-4-2-5-9-21)16-17-27(26)38(34,35)31(29(30)33)24-14-12-23(13-15-24)28(32)37-20-22-10-6-3-7-11-22/h12-18,21-22H,2-11,19-20H2,1H3. The van der Waals surface area contributed by atoms with Crippen molar-refractivity contribution in [1.29, 1.82) is 0 Å². The van der Waals surface area contributed by atoms with Crippen molar-refractivity contribution in [2.24, 2.45) is 11.8 Å². The average molecular weight is 541 g/mol. The second kappa shape index (κ2) is 11.4. The fourth-order valence-electron chi connectivity index (χ4n) is 5.69. The van der Waals surface area contributed by atoms with Gasteiger partial charge in [-0.2, -0.15) is 4.31 Å². The van der Waals surface area contributed by atoms with Crippen LogP contribution < -0.4 is 13.9 Å². The number of esters is 1. The summed E-state index contributed by atoms with van der Waals surface area (Å²) >= 11 is 0. The van der Waals surface area contributed by atoms with Crippen LogP contribution in [0.4, 0.5) is 16.2 Å². The van der Waals surface area contributed by atoms with Gasteiger partial charge < -0.3 is 9.47 Å². The molecule has 204 valence electrons. The molecule has 2 saturated carbocycles. The quantitative estimate of drug-likeness (QED) is 0.391. The Kier molecular flexibility index (Phi) is 7.93. The number of hydrogen-bond acceptors (Lipinski definition) is 6. The van der Waals surface area contributed by atoms with Crippen molar-refractivity contribution in [3.63, 3.8) is 0 Å². The van der Waals surface area contributed by atoms with Crippen molar-refractivity contribution in [2.75, 3.05) is 29.5 Å². The number of rotatable bonds is 7. The number of ether oxygens (including phenoxy) is 2. The Balaban J connectivity index is 1.30. The SMILES string of the molecule is CN1C(=O)N(c2ccc(C(=O)OCC3CCCCC3)cc2)S(=O)(=O)c2ccc(OCC3CCCCC3)cc21. The summed E-state index contributed by atoms with van der Waals surface area (Å²) in [6, 6.07) is 9.99. The van der Waals surface area contributed by atoms with Gasteiger partial charge >= 0.3 is 12.0 Å². The minimum Gasteiger partial charge on any atom is -0.493 e. The molecule has 0 N–H and O–H groups in total. The normalized spacial score (nSPS) is 20.2. The van der Waals surface area contributed by atoms with Gasteiger partial charge in [0.15, 0.2) is 0 Å². The zero-order valence-electron chi connectivity index (χ0n) is 21.9. The smallest absolute Gasteiger partial charge is 0.342 e. The maximum atomic E-state index is 13.5. The average Bonchev–Trinajstić information content (AvgIpc) is 2.95. The predicted octanol–water partition coefficient (Wildman–Crippen LogP) is 6.15. The second-order valence-corrected chi connectivity index (χ2v) is 12.5. The number of anilines is 2. The molecule has 0 aromatic heterocycles. The number of fused-ring (bicyclic) bond motifs is 1. The van der Waals surface area contributed by atoms with E-state index in [0.717, 1.165) is 30.0 Å². The zero-order valence-corrected chi connectivity index (χ0v) is 22.8. The topological polar surface area (TPSA) is 93.2 Å². The maximum absolute atomic E-state index is 13.5. The summed E-state index contributed by atoms with van der Waals surface area (Å²) in [6.07, 6.45) is 11.7. The fourth-order valence-corrected chi connectivity index (χ4v) is 7.31. The lowest BCUT2D eigenvalue weighted by Crippen LogP contribution is -2.49. The molecule has 0 unspecified atom stereocenters. The summed E-state index contributed by atoms with van der Waals surface area (Å²) in [5.41, 5.74) is 0.768. The molecule has 2 amide bonds. The lowest BCUT2D eigenvalue weighted by Gasteiger charge is -2.34. The summed E-state index contributed by atoms with van der Waals surface area (Å²) in [5, 5.41) is 0. The van der Waals surface area contributed by atoms with Crippen molar-refractivity contribution < 1.29 is 27.5 Å². The third kappa shape index (κ3) is 5.53. The number of carbonyl (C=O) groups is 2. The van der Waals surface area contributed by atoms with Crippen LogP contribution in [-0.4, -0.2) is 40.7 Å². The van der Waals surface area contributed by atoms with E-state index < -0.39 is 22.0 Å². The van der Waals surface area contributed by atoms with E-state index in [-0.39, 0.29) is 16.3 Å². The van der Waals surface area contributed by atoms with E-state index >= 15 is 0 Å². The Morgan fingerprint density at radius 2 is 1.47 bits per heavy atom. The summed E-state index contributed by atoms with van der Waals surface area (Å²) in [5.74, 6) is 1.01. The molecule has 8 nitrogen and oxygen atoms in total. The minimum atomic E-state index is -4.16. The number of hydrogen-bond donors (Lipinski definition) is 0. The van der Waals surface area contributed by atoms with E-state index in [9.17, 15) is 18.0 Å². The van der Waals surface area contributed by atoms with Gasteiger partial charge in [-0.3, -0.25) is 4.90 Å². The van der Waals surface area contributed by atoms with Gasteiger partial charge in [0, 0.05) is 13.1 Å². The maximum Gasteiger partial charge on any atom is 0.342 e. The highest BCUT2D eigenvalue weighted by Crippen LogP contribution is 2.39. The molecule has 5 rings (SSSR count). The molecule has 2 aromatic rings. The van der Waals surface area contributed by atoms with E-state index in [1.165, 1.54) is 73.8 Å². The summed E-state index contributed by atoms with van der Waals surface area (Å²) < 4.78 is 39.3. The first-order valence-corrected chi connectivity index (χ1v) is 15.2. The molecule has 9 heteroatoms. The summed E-state index contributed by atoms with van der Waals surface area (Å²) in [6.45, 7) is 0.984. The van der Waals surface area contributed by atoms with Crippen LogP contribution in [0.15, 0.2) is 47.4 Å². The van der Waals surface area contributed by atoms with Gasteiger partial charge in [-0.1, -0.05) is 38.5 Å². The van der Waals surface area contributed by atoms with Crippen LogP contribution in [0.3, 0.4) is 0 Å². The van der Waals surface area contributed by atoms with Crippen molar-refractivity contribution in [3.8, 4) is 5.75 Å². The highest BCUT2D eigenvalue weighted by atomic mass is 32.2. The first kappa shape index (κ1) is 26.5. The third-order valence-electron chi connectivity index (χ3n) is 7.99. The number of amides is 2. The van der Waals surface area contributed by atoms with Crippen molar-refractivity contribution in [3.05, 3.63) is 48.0 Å². The Bertz CT molecular complexity index is 1260. The van der Waals surface area contributed by atoms with E-state index in [1.807, 2.05) is 0 Å². The number of nitrogens with zero attached hydrogens (tertiary/aromatic N) is 2. The van der Waals surface area contributed by atoms with Crippen LogP contribution in [-0.2, 0) is 14.8 Å². The number of urea groups is 1. The van der Waals surface area contributed by atoms with Gasteiger partial charge in [-0.05, 0) is 73.9 Å². The fraction of sp³-hybridized carbons (Fsp3) is 0.517. The summed E-state index contributed by atoms with van der Waals surface area (Å²) in [7, 11) is -2.61. The molecule has 0 bridgehead atoms. The highest BCUT2D eigenvalue weighted by Gasteiger charge is 2.41. The van der Waals surface area contributed by atoms with Gasteiger partial charge in [0.2, 0.25) is 0 Å². The molecule has 1 aliphatic heterocycles. The molecular weight excluding hydrogens is 504 g/mol. The van der Waals surface area contributed by atoms with Gasteiger partial charge in [0.05, 0.1) is 30.2 Å². The zero-order chi connectivity index (χ0) is 26.7. The molecular formula is C29H36N2O6S. The molecule has 0 atom stereocenters. The van der Waals surface area contributed by atoms with Crippen molar-refractivity contribution in [2.45, 2.75) is 69.1 Å². The van der Waals surface area contributed by atoms with Crippen LogP contribution >= 0.6 is 0 Å². The molecule has 38 heavy (non-hydrogen) atoms. The van der Waals surface area contributed by atoms with Crippen molar-refractivity contribution in [1.82, 2.24) is 0 Å². The predicted molar refractivity (Wildman–Crippen MR) is 145 cm³/mol. The van der Waals surface area contributed by atoms with E-state index in [2.05, 4.69) is 0 Å². The lowest BCUT2D eigenvalue weighted by molar-refractivity contribution is 0.0410. The molecule has 2 fully saturated rings. The van der Waals surface area contributed by atoms with E-state index in [0.29, 0.717) is 36.4 Å². The van der Waals surface area contributed by atoms with Crippen LogP contribution in [0.2, 0.25) is 0 Å². The first-order chi connectivity index (χ1) is 18.3. The van der Waals surface area contributed by atoms with Crippen LogP contribution in [0.1, 0.15) is 74.6 Å². The van der Waals surface area contributed by atoms with E-state index in [4.69, 9.17) is 9.47 Å². The number of sulfonamides is 1. The summed E-state index contributed by atoms with van der Waals surface area (Å²) in [4.78, 5) is 27.1. The van der Waals surface area contributed by atoms with E-state index in [1.54, 1.807) is 19.2 Å². The number of carbonyl (C=O) groups excluding carboxylic acids is 2. The molecule has 1 heterocycles. The van der Waals surface area contributed by atoms with Gasteiger partial charge in [0.25, 0.3) is 10.0 Å². The molecule has 0 saturated heterocycles. The molecule has 0 spiro atoms. The minimum absolute atomic E-state index is 0.0283. The largest absolute Gasteiger partial charge is 0.493 e. The lowest BCUT2D eigenvalue weighted by atomic mass is 9.90. The van der Waals surface area contributed by atoms with Gasteiger partial charge in [0.1, 0.15) is 10.6 Å². The highest BCUT2D eigenvalue weighted by molar-refractivity contribution is 7.94. The Morgan fingerprint density at radius 3 is 2.11 bits per heavy atom. The first-order valence-electron chi connectivity index (χ1n) is 13.7. The molecule has 0 radical (unpaired) electrons. The molecule has 2 aliphatic carbocycles. The number of benzene rings is 2. The van der Waals surface area contributed by atoms with Crippen LogP contribution in [0, 0.1) is 11.8 Å².